The fourth-order valence-electron chi connectivity index (χ4n) is 5.31. The highest BCUT2D eigenvalue weighted by molar-refractivity contribution is 7.98. The normalized spacial score (nSPS) is 25.0. The van der Waals surface area contributed by atoms with Crippen molar-refractivity contribution < 1.29 is 28.1 Å². The summed E-state index contributed by atoms with van der Waals surface area (Å²) in [6.45, 7) is 6.22. The van der Waals surface area contributed by atoms with Gasteiger partial charge in [0.05, 0.1) is 24.7 Å². The van der Waals surface area contributed by atoms with E-state index in [1.807, 2.05) is 31.9 Å². The molecule has 2 fully saturated rings. The van der Waals surface area contributed by atoms with Crippen LogP contribution in [0.15, 0.2) is 5.16 Å². The van der Waals surface area contributed by atoms with Crippen LogP contribution >= 0.6 is 23.4 Å². The Balaban J connectivity index is 1.64. The van der Waals surface area contributed by atoms with E-state index in [2.05, 4.69) is 14.9 Å². The molecule has 0 N–H and O–H groups in total. The summed E-state index contributed by atoms with van der Waals surface area (Å²) in [6.07, 6.45) is 2.42. The summed E-state index contributed by atoms with van der Waals surface area (Å²) < 4.78 is 38.1. The minimum absolute atomic E-state index is 0.0541. The number of amides is 1. The van der Waals surface area contributed by atoms with Crippen molar-refractivity contribution in [1.82, 2.24) is 19.9 Å². The first-order valence-corrected chi connectivity index (χ1v) is 13.3. The molecule has 2 aromatic heterocycles. The zero-order valence-corrected chi connectivity index (χ0v) is 22.4. The number of hydrogen-bond donors (Lipinski definition) is 0. The zero-order valence-electron chi connectivity index (χ0n) is 20.8. The van der Waals surface area contributed by atoms with Crippen molar-refractivity contribution in [2.45, 2.75) is 68.6 Å². The minimum Gasteiger partial charge on any atom is -0.469 e. The Hall–Kier alpha value is -2.15. The van der Waals surface area contributed by atoms with E-state index in [0.717, 1.165) is 12.8 Å². The summed E-state index contributed by atoms with van der Waals surface area (Å²) in [5, 5.41) is 0.431. The molecule has 196 valence electrons. The van der Waals surface area contributed by atoms with Gasteiger partial charge in [-0.05, 0) is 39.9 Å². The largest absolute Gasteiger partial charge is 0.469 e. The third-order valence-electron chi connectivity index (χ3n) is 6.57. The van der Waals surface area contributed by atoms with Gasteiger partial charge in [0.25, 0.3) is 0 Å². The molecule has 13 heteroatoms. The van der Waals surface area contributed by atoms with E-state index in [1.165, 1.54) is 18.9 Å². The van der Waals surface area contributed by atoms with E-state index in [4.69, 9.17) is 35.5 Å². The highest BCUT2D eigenvalue weighted by Crippen LogP contribution is 2.46. The van der Waals surface area contributed by atoms with E-state index in [1.54, 1.807) is 0 Å². The fourth-order valence-corrected chi connectivity index (χ4v) is 5.84. The molecule has 3 aliphatic rings. The fraction of sp³-hybridized carbons (Fsp3) is 0.652. The van der Waals surface area contributed by atoms with E-state index in [0.29, 0.717) is 22.9 Å². The Labute approximate surface area is 217 Å². The first kappa shape index (κ1) is 25.5. The molecule has 5 heterocycles. The first-order valence-electron chi connectivity index (χ1n) is 11.7. The van der Waals surface area contributed by atoms with Gasteiger partial charge in [0, 0.05) is 13.7 Å². The first-order chi connectivity index (χ1) is 17.1. The van der Waals surface area contributed by atoms with Gasteiger partial charge >= 0.3 is 6.09 Å². The summed E-state index contributed by atoms with van der Waals surface area (Å²) in [7, 11) is 1.53. The summed E-state index contributed by atoms with van der Waals surface area (Å²) in [6, 6.07) is -0.708. The predicted octanol–water partition coefficient (Wildman–Crippen LogP) is 3.88. The molecular weight excluding hydrogens is 513 g/mol. The molecule has 3 aliphatic heterocycles. The second-order valence-electron chi connectivity index (χ2n) is 10.0. The maximum Gasteiger partial charge on any atom is 0.410 e. The lowest BCUT2D eigenvalue weighted by Gasteiger charge is -2.48. The maximum absolute atomic E-state index is 15.1. The number of hydrogen-bond acceptors (Lipinski definition) is 10. The molecule has 4 atom stereocenters. The van der Waals surface area contributed by atoms with Crippen molar-refractivity contribution in [3.05, 3.63) is 11.0 Å². The Morgan fingerprint density at radius 3 is 2.75 bits per heavy atom. The van der Waals surface area contributed by atoms with Crippen molar-refractivity contribution in [2.24, 2.45) is 0 Å². The number of pyridine rings is 1. The molecule has 0 aliphatic carbocycles. The quantitative estimate of drug-likeness (QED) is 0.182. The predicted molar refractivity (Wildman–Crippen MR) is 132 cm³/mol. The molecule has 1 amide bonds. The van der Waals surface area contributed by atoms with Crippen LogP contribution in [0, 0.1) is 5.82 Å². The van der Waals surface area contributed by atoms with Gasteiger partial charge in [-0.1, -0.05) is 23.4 Å². The zero-order chi connectivity index (χ0) is 25.8. The molecule has 36 heavy (non-hydrogen) atoms. The molecule has 2 saturated heterocycles. The number of carbonyl (C=O) groups is 1. The van der Waals surface area contributed by atoms with Crippen molar-refractivity contribution >= 4 is 46.2 Å². The van der Waals surface area contributed by atoms with Crippen LogP contribution in [0.1, 0.15) is 33.6 Å². The molecule has 0 saturated carbocycles. The van der Waals surface area contributed by atoms with E-state index in [-0.39, 0.29) is 54.2 Å². The number of rotatable bonds is 5. The van der Waals surface area contributed by atoms with Crippen molar-refractivity contribution in [1.29, 1.82) is 0 Å². The molecular formula is C23H29ClFN5O5S. The number of ether oxygens (including phenoxy) is 4. The second kappa shape index (κ2) is 9.62. The van der Waals surface area contributed by atoms with Crippen LogP contribution in [0.3, 0.4) is 0 Å². The third kappa shape index (κ3) is 4.42. The Morgan fingerprint density at radius 1 is 1.28 bits per heavy atom. The third-order valence-corrected chi connectivity index (χ3v) is 7.36. The monoisotopic (exact) mass is 541 g/mol. The maximum atomic E-state index is 15.1. The molecule has 2 aromatic rings. The highest BCUT2D eigenvalue weighted by Gasteiger charge is 2.54. The second-order valence-corrected chi connectivity index (χ2v) is 11.2. The average Bonchev–Trinajstić information content (AvgIpc) is 3.06. The standard InChI is InChI=1S/C23H29ClFN5O5S/c1-23(2,3)35-22(31)30-11-6-7-12(30)17-13(9-33-10-32-4)34-20-14-16(15(25)18(24)27-20)26-21(36-5)28-19(14)29(17)8-11/h11-13,17H,6-10H2,1-5H3/t11-,12+,13+,17+/m1/s1. The lowest BCUT2D eigenvalue weighted by Crippen LogP contribution is -2.66. The van der Waals surface area contributed by atoms with E-state index >= 15 is 4.39 Å². The molecule has 0 radical (unpaired) electrons. The number of thioether (sulfide) groups is 1. The molecule has 2 bridgehead atoms. The summed E-state index contributed by atoms with van der Waals surface area (Å²) in [4.78, 5) is 30.6. The van der Waals surface area contributed by atoms with Crippen LogP contribution in [-0.4, -0.2) is 89.1 Å². The van der Waals surface area contributed by atoms with Gasteiger partial charge in [0.2, 0.25) is 5.88 Å². The lowest BCUT2D eigenvalue weighted by atomic mass is 9.97. The number of nitrogens with zero attached hydrogens (tertiary/aromatic N) is 5. The number of piperazine rings is 1. The number of carbonyl (C=O) groups excluding carboxylic acids is 1. The summed E-state index contributed by atoms with van der Waals surface area (Å²) >= 11 is 7.45. The number of methoxy groups -OCH3 is 1. The Bertz CT molecular complexity index is 1180. The lowest BCUT2D eigenvalue weighted by molar-refractivity contribution is -0.0684. The Kier molecular flexibility index (Phi) is 6.81. The number of fused-ring (bicyclic) bond motifs is 5. The van der Waals surface area contributed by atoms with Crippen LogP contribution < -0.4 is 9.64 Å². The van der Waals surface area contributed by atoms with Crippen molar-refractivity contribution in [2.75, 3.05) is 38.2 Å². The van der Waals surface area contributed by atoms with Gasteiger partial charge in [-0.3, -0.25) is 4.90 Å². The highest BCUT2D eigenvalue weighted by atomic mass is 35.5. The van der Waals surface area contributed by atoms with Crippen LogP contribution in [0.5, 0.6) is 5.88 Å². The van der Waals surface area contributed by atoms with Gasteiger partial charge in [0.1, 0.15) is 35.2 Å². The molecule has 5 rings (SSSR count). The van der Waals surface area contributed by atoms with Crippen LogP contribution in [0.25, 0.3) is 10.9 Å². The SMILES string of the molecule is COCOC[C@@H]1Oc2nc(Cl)c(F)c3nc(SC)nc(c23)N2C[C@H]3CC[C@@H]([C@@H]12)N3C(=O)OC(C)(C)C. The van der Waals surface area contributed by atoms with Crippen molar-refractivity contribution in [3.8, 4) is 5.88 Å². The average molecular weight is 542 g/mol. The smallest absolute Gasteiger partial charge is 0.410 e. The van der Waals surface area contributed by atoms with Gasteiger partial charge in [0.15, 0.2) is 16.1 Å². The van der Waals surface area contributed by atoms with Gasteiger partial charge in [-0.2, -0.15) is 4.98 Å². The minimum atomic E-state index is -0.723. The topological polar surface area (TPSA) is 99.1 Å². The van der Waals surface area contributed by atoms with Gasteiger partial charge in [-0.15, -0.1) is 0 Å². The molecule has 0 spiro atoms. The van der Waals surface area contributed by atoms with Crippen LogP contribution in [0.4, 0.5) is 15.0 Å². The van der Waals surface area contributed by atoms with Crippen molar-refractivity contribution in [3.63, 3.8) is 0 Å². The molecule has 0 aromatic carbocycles. The summed E-state index contributed by atoms with van der Waals surface area (Å²) in [5.41, 5.74) is -0.576. The number of halogens is 2. The molecule has 10 nitrogen and oxygen atoms in total. The van der Waals surface area contributed by atoms with Gasteiger partial charge < -0.3 is 23.8 Å². The summed E-state index contributed by atoms with van der Waals surface area (Å²) in [5.74, 6) is -0.0690. The van der Waals surface area contributed by atoms with Gasteiger partial charge in [-0.25, -0.2) is 19.2 Å². The van der Waals surface area contributed by atoms with E-state index in [9.17, 15) is 4.79 Å². The Morgan fingerprint density at radius 2 is 2.06 bits per heavy atom. The number of anilines is 1. The van der Waals surface area contributed by atoms with Crippen LogP contribution in [0.2, 0.25) is 5.15 Å². The number of aromatic nitrogens is 3. The van der Waals surface area contributed by atoms with Crippen LogP contribution in [-0.2, 0) is 14.2 Å². The molecule has 0 unspecified atom stereocenters. The van der Waals surface area contributed by atoms with E-state index < -0.39 is 17.5 Å².